The first-order valence-corrected chi connectivity index (χ1v) is 10.7. The highest BCUT2D eigenvalue weighted by molar-refractivity contribution is 6.00. The Morgan fingerprint density at radius 2 is 2.09 bits per heavy atom. The molecule has 168 valence electrons. The molecule has 4 heterocycles. The Morgan fingerprint density at radius 3 is 2.85 bits per heavy atom. The zero-order valence-electron chi connectivity index (χ0n) is 18.4. The van der Waals surface area contributed by atoms with Gasteiger partial charge >= 0.3 is 0 Å². The summed E-state index contributed by atoms with van der Waals surface area (Å²) in [4.78, 5) is 28.0. The number of ether oxygens (including phenoxy) is 2. The number of rotatable bonds is 5. The predicted octanol–water partition coefficient (Wildman–Crippen LogP) is 3.33. The molecule has 0 saturated carbocycles. The van der Waals surface area contributed by atoms with Gasteiger partial charge in [-0.1, -0.05) is 6.07 Å². The van der Waals surface area contributed by atoms with Crippen LogP contribution >= 0.6 is 0 Å². The minimum atomic E-state index is -0.294. The molecule has 1 N–H and O–H groups in total. The van der Waals surface area contributed by atoms with Crippen LogP contribution in [0, 0.1) is 0 Å². The SMILES string of the molecule is COc1cccc2c1cc(C(=O)N1CCO[C@@H](c3ccc(Nc4cnccn4)cn3)C1)n2C. The van der Waals surface area contributed by atoms with Gasteiger partial charge in [0.15, 0.2) is 0 Å². The molecule has 9 nitrogen and oxygen atoms in total. The summed E-state index contributed by atoms with van der Waals surface area (Å²) >= 11 is 0. The second-order valence-corrected chi connectivity index (χ2v) is 7.78. The normalized spacial score (nSPS) is 16.1. The van der Waals surface area contributed by atoms with Gasteiger partial charge in [0.25, 0.3) is 5.91 Å². The average Bonchev–Trinajstić information content (AvgIpc) is 3.21. The van der Waals surface area contributed by atoms with Crippen LogP contribution in [0.4, 0.5) is 11.5 Å². The molecule has 1 aliphatic heterocycles. The Morgan fingerprint density at radius 1 is 1.18 bits per heavy atom. The lowest BCUT2D eigenvalue weighted by atomic mass is 10.1. The first kappa shape index (κ1) is 20.9. The highest BCUT2D eigenvalue weighted by Crippen LogP contribution is 2.30. The summed E-state index contributed by atoms with van der Waals surface area (Å²) in [6.07, 6.45) is 6.32. The molecule has 1 atom stereocenters. The van der Waals surface area contributed by atoms with E-state index in [1.54, 1.807) is 31.9 Å². The third-order valence-corrected chi connectivity index (χ3v) is 5.79. The summed E-state index contributed by atoms with van der Waals surface area (Å²) in [7, 11) is 3.54. The molecule has 0 radical (unpaired) electrons. The van der Waals surface area contributed by atoms with Crippen LogP contribution in [-0.4, -0.2) is 57.1 Å². The van der Waals surface area contributed by atoms with Gasteiger partial charge < -0.3 is 24.3 Å². The molecule has 0 spiro atoms. The van der Waals surface area contributed by atoms with Gasteiger partial charge in [-0.25, -0.2) is 4.98 Å². The molecule has 0 aliphatic carbocycles. The molecule has 1 fully saturated rings. The topological polar surface area (TPSA) is 94.4 Å². The number of pyridine rings is 1. The van der Waals surface area contributed by atoms with Crippen molar-refractivity contribution >= 4 is 28.3 Å². The molecule has 0 bridgehead atoms. The van der Waals surface area contributed by atoms with Crippen LogP contribution in [0.2, 0.25) is 0 Å². The number of hydrogen-bond acceptors (Lipinski definition) is 7. The van der Waals surface area contributed by atoms with Crippen molar-refractivity contribution < 1.29 is 14.3 Å². The summed E-state index contributed by atoms with van der Waals surface area (Å²) in [5, 5.41) is 4.08. The number of aromatic nitrogens is 4. The Balaban J connectivity index is 1.32. The Kier molecular flexibility index (Phi) is 5.62. The number of nitrogens with one attached hydrogen (secondary N) is 1. The molecule has 0 unspecified atom stereocenters. The van der Waals surface area contributed by atoms with E-state index in [-0.39, 0.29) is 12.0 Å². The lowest BCUT2D eigenvalue weighted by Crippen LogP contribution is -2.43. The predicted molar refractivity (Wildman–Crippen MR) is 124 cm³/mol. The lowest BCUT2D eigenvalue weighted by molar-refractivity contribution is -0.0250. The lowest BCUT2D eigenvalue weighted by Gasteiger charge is -2.32. The average molecular weight is 444 g/mol. The number of anilines is 2. The molecule has 9 heteroatoms. The van der Waals surface area contributed by atoms with Crippen LogP contribution in [0.1, 0.15) is 22.3 Å². The molecule has 4 aromatic rings. The van der Waals surface area contributed by atoms with Crippen molar-refractivity contribution in [1.29, 1.82) is 0 Å². The summed E-state index contributed by atoms with van der Waals surface area (Å²) < 4.78 is 13.3. The number of aryl methyl sites for hydroxylation is 1. The van der Waals surface area contributed by atoms with E-state index in [2.05, 4.69) is 20.3 Å². The van der Waals surface area contributed by atoms with E-state index in [4.69, 9.17) is 9.47 Å². The van der Waals surface area contributed by atoms with E-state index in [0.29, 0.717) is 31.2 Å². The summed E-state index contributed by atoms with van der Waals surface area (Å²) in [5.41, 5.74) is 3.14. The molecule has 1 saturated heterocycles. The van der Waals surface area contributed by atoms with E-state index in [1.165, 1.54) is 0 Å². The van der Waals surface area contributed by atoms with Crippen LogP contribution < -0.4 is 10.1 Å². The van der Waals surface area contributed by atoms with E-state index >= 15 is 0 Å². The molecule has 1 aliphatic rings. The maximum Gasteiger partial charge on any atom is 0.270 e. The number of amides is 1. The molecule has 3 aromatic heterocycles. The molecule has 33 heavy (non-hydrogen) atoms. The van der Waals surface area contributed by atoms with Gasteiger partial charge in [-0.3, -0.25) is 14.8 Å². The van der Waals surface area contributed by atoms with Gasteiger partial charge in [0.2, 0.25) is 0 Å². The zero-order chi connectivity index (χ0) is 22.8. The van der Waals surface area contributed by atoms with Gasteiger partial charge in [0, 0.05) is 31.4 Å². The summed E-state index contributed by atoms with van der Waals surface area (Å²) in [6, 6.07) is 11.5. The van der Waals surface area contributed by atoms with Crippen LogP contribution in [0.25, 0.3) is 10.9 Å². The molecule has 1 aromatic carbocycles. The van der Waals surface area contributed by atoms with Gasteiger partial charge in [0.05, 0.1) is 49.6 Å². The van der Waals surface area contributed by atoms with Crippen LogP contribution in [-0.2, 0) is 11.8 Å². The second kappa shape index (κ2) is 8.87. The van der Waals surface area contributed by atoms with E-state index in [1.807, 2.05) is 52.9 Å². The van der Waals surface area contributed by atoms with E-state index in [9.17, 15) is 4.79 Å². The minimum Gasteiger partial charge on any atom is -0.496 e. The van der Waals surface area contributed by atoms with Crippen molar-refractivity contribution in [3.8, 4) is 5.75 Å². The third kappa shape index (κ3) is 4.10. The first-order chi connectivity index (χ1) is 16.1. The number of nitrogens with zero attached hydrogens (tertiary/aromatic N) is 5. The molecule has 1 amide bonds. The molecular weight excluding hydrogens is 420 g/mol. The fourth-order valence-corrected chi connectivity index (χ4v) is 4.07. The number of benzene rings is 1. The van der Waals surface area contributed by atoms with Crippen molar-refractivity contribution in [2.24, 2.45) is 7.05 Å². The number of hydrogen-bond donors (Lipinski definition) is 1. The minimum absolute atomic E-state index is 0.0370. The van der Waals surface area contributed by atoms with Crippen LogP contribution in [0.15, 0.2) is 61.2 Å². The second-order valence-electron chi connectivity index (χ2n) is 7.78. The Bertz CT molecular complexity index is 1270. The van der Waals surface area contributed by atoms with Gasteiger partial charge in [-0.2, -0.15) is 0 Å². The van der Waals surface area contributed by atoms with E-state index in [0.717, 1.165) is 28.0 Å². The maximum atomic E-state index is 13.4. The van der Waals surface area contributed by atoms with Crippen molar-refractivity contribution in [1.82, 2.24) is 24.4 Å². The highest BCUT2D eigenvalue weighted by Gasteiger charge is 2.29. The van der Waals surface area contributed by atoms with Crippen LogP contribution in [0.3, 0.4) is 0 Å². The smallest absolute Gasteiger partial charge is 0.270 e. The quantitative estimate of drug-likeness (QED) is 0.505. The van der Waals surface area contributed by atoms with Crippen molar-refractivity contribution in [2.45, 2.75) is 6.10 Å². The fourth-order valence-electron chi connectivity index (χ4n) is 4.07. The Labute approximate surface area is 191 Å². The van der Waals surface area contributed by atoms with Gasteiger partial charge in [0.1, 0.15) is 23.4 Å². The number of morpholine rings is 1. The van der Waals surface area contributed by atoms with Gasteiger partial charge in [-0.05, 0) is 30.3 Å². The standard InChI is InChI=1S/C24H24N6O3/c1-29-19-4-3-5-21(32-2)17(19)12-20(29)24(31)30-10-11-33-22(15-30)18-7-6-16(13-27-18)28-23-14-25-8-9-26-23/h3-9,12-14,22H,10-11,15H2,1-2H3,(H,26,28)/t22-/m1/s1. The number of fused-ring (bicyclic) bond motifs is 1. The Hall–Kier alpha value is -3.98. The largest absolute Gasteiger partial charge is 0.496 e. The molecule has 5 rings (SSSR count). The summed E-state index contributed by atoms with van der Waals surface area (Å²) in [6.45, 7) is 1.41. The third-order valence-electron chi connectivity index (χ3n) is 5.79. The number of methoxy groups -OCH3 is 1. The summed E-state index contributed by atoms with van der Waals surface area (Å²) in [5.74, 6) is 1.36. The monoisotopic (exact) mass is 444 g/mol. The maximum absolute atomic E-state index is 13.4. The number of carbonyl (C=O) groups is 1. The number of carbonyl (C=O) groups excluding carboxylic acids is 1. The highest BCUT2D eigenvalue weighted by atomic mass is 16.5. The fraction of sp³-hybridized carbons (Fsp3) is 0.250. The van der Waals surface area contributed by atoms with Gasteiger partial charge in [-0.15, -0.1) is 0 Å². The van der Waals surface area contributed by atoms with Crippen molar-refractivity contribution in [3.05, 3.63) is 72.6 Å². The zero-order valence-corrected chi connectivity index (χ0v) is 18.4. The van der Waals surface area contributed by atoms with Crippen molar-refractivity contribution in [2.75, 3.05) is 32.1 Å². The first-order valence-electron chi connectivity index (χ1n) is 10.7. The van der Waals surface area contributed by atoms with Crippen molar-refractivity contribution in [3.63, 3.8) is 0 Å². The van der Waals surface area contributed by atoms with E-state index < -0.39 is 0 Å². The molecular formula is C24H24N6O3. The van der Waals surface area contributed by atoms with Crippen LogP contribution in [0.5, 0.6) is 5.75 Å².